The van der Waals surface area contributed by atoms with Crippen LogP contribution in [0.1, 0.15) is 38.1 Å². The quantitative estimate of drug-likeness (QED) is 0.813. The molecule has 84 valence electrons. The molecule has 0 aliphatic heterocycles. The SMILES string of the molecule is c1c(-c2nn[nH]n2)nnn1C1CCCCC1. The molecule has 1 fully saturated rings. The fraction of sp³-hybridized carbons (Fsp3) is 0.667. The summed E-state index contributed by atoms with van der Waals surface area (Å²) in [6.45, 7) is 0. The lowest BCUT2D eigenvalue weighted by molar-refractivity contribution is 0.324. The Balaban J connectivity index is 1.82. The first-order chi connectivity index (χ1) is 7.93. The maximum Gasteiger partial charge on any atom is 0.226 e. The summed E-state index contributed by atoms with van der Waals surface area (Å²) >= 11 is 0. The predicted molar refractivity (Wildman–Crippen MR) is 55.3 cm³/mol. The second-order valence-electron chi connectivity index (χ2n) is 4.11. The van der Waals surface area contributed by atoms with Gasteiger partial charge in [0.05, 0.1) is 12.2 Å². The molecule has 1 N–H and O–H groups in total. The number of nitrogens with one attached hydrogen (secondary N) is 1. The summed E-state index contributed by atoms with van der Waals surface area (Å²) in [6, 6.07) is 0.488. The maximum atomic E-state index is 4.14. The molecular weight excluding hydrogens is 206 g/mol. The van der Waals surface area contributed by atoms with Crippen LogP contribution >= 0.6 is 0 Å². The Morgan fingerprint density at radius 2 is 2.06 bits per heavy atom. The van der Waals surface area contributed by atoms with Crippen LogP contribution < -0.4 is 0 Å². The molecule has 1 aliphatic rings. The molecule has 2 heterocycles. The number of hydrogen-bond donors (Lipinski definition) is 1. The van der Waals surface area contributed by atoms with Crippen LogP contribution in [0.4, 0.5) is 0 Å². The highest BCUT2D eigenvalue weighted by molar-refractivity contribution is 5.44. The second-order valence-corrected chi connectivity index (χ2v) is 4.11. The number of aromatic amines is 1. The van der Waals surface area contributed by atoms with Gasteiger partial charge in [-0.15, -0.1) is 15.3 Å². The van der Waals surface area contributed by atoms with Gasteiger partial charge in [0.15, 0.2) is 5.69 Å². The summed E-state index contributed by atoms with van der Waals surface area (Å²) in [5.74, 6) is 0.502. The van der Waals surface area contributed by atoms with Crippen molar-refractivity contribution in [2.75, 3.05) is 0 Å². The molecule has 0 radical (unpaired) electrons. The van der Waals surface area contributed by atoms with Crippen LogP contribution in [-0.4, -0.2) is 35.6 Å². The van der Waals surface area contributed by atoms with Gasteiger partial charge in [-0.05, 0) is 18.1 Å². The van der Waals surface area contributed by atoms with Crippen molar-refractivity contribution in [1.29, 1.82) is 0 Å². The molecule has 0 bridgehead atoms. The van der Waals surface area contributed by atoms with Crippen molar-refractivity contribution in [3.63, 3.8) is 0 Å². The van der Waals surface area contributed by atoms with Crippen molar-refractivity contribution in [2.45, 2.75) is 38.1 Å². The zero-order valence-electron chi connectivity index (χ0n) is 8.87. The minimum atomic E-state index is 0.488. The first kappa shape index (κ1) is 9.44. The van der Waals surface area contributed by atoms with Gasteiger partial charge in [-0.1, -0.05) is 24.5 Å². The second kappa shape index (κ2) is 3.99. The van der Waals surface area contributed by atoms with Crippen LogP contribution in [0.5, 0.6) is 0 Å². The number of tetrazole rings is 1. The van der Waals surface area contributed by atoms with Crippen molar-refractivity contribution in [3.8, 4) is 11.5 Å². The van der Waals surface area contributed by atoms with Crippen LogP contribution in [0.3, 0.4) is 0 Å². The molecular formula is C9H13N7. The average molecular weight is 219 g/mol. The number of aromatic nitrogens is 7. The number of nitrogens with zero attached hydrogens (tertiary/aromatic N) is 6. The van der Waals surface area contributed by atoms with E-state index in [1.807, 2.05) is 10.9 Å². The van der Waals surface area contributed by atoms with Crippen LogP contribution in [0.25, 0.3) is 11.5 Å². The molecule has 2 aromatic rings. The van der Waals surface area contributed by atoms with E-state index in [1.54, 1.807) is 0 Å². The molecule has 3 rings (SSSR count). The Hall–Kier alpha value is -1.79. The van der Waals surface area contributed by atoms with Gasteiger partial charge in [0.1, 0.15) is 0 Å². The summed E-state index contributed by atoms with van der Waals surface area (Å²) in [4.78, 5) is 0. The minimum Gasteiger partial charge on any atom is -0.249 e. The predicted octanol–water partition coefficient (Wildman–Crippen LogP) is 0.963. The minimum absolute atomic E-state index is 0.488. The van der Waals surface area contributed by atoms with Crippen molar-refractivity contribution < 1.29 is 0 Å². The Morgan fingerprint density at radius 1 is 1.19 bits per heavy atom. The standard InChI is InChI=1S/C9H13N7/c1-2-4-7(5-3-1)16-6-8(10-15-16)9-11-13-14-12-9/h6-7H,1-5H2,(H,11,12,13,14). The van der Waals surface area contributed by atoms with E-state index in [0.29, 0.717) is 17.6 Å². The van der Waals surface area contributed by atoms with Crippen molar-refractivity contribution >= 4 is 0 Å². The molecule has 1 saturated carbocycles. The van der Waals surface area contributed by atoms with Gasteiger partial charge in [-0.3, -0.25) is 0 Å². The Morgan fingerprint density at radius 3 is 2.81 bits per heavy atom. The van der Waals surface area contributed by atoms with E-state index >= 15 is 0 Å². The molecule has 2 aromatic heterocycles. The third kappa shape index (κ3) is 1.68. The van der Waals surface area contributed by atoms with Crippen LogP contribution in [0.15, 0.2) is 6.20 Å². The van der Waals surface area contributed by atoms with Gasteiger partial charge in [-0.25, -0.2) is 4.68 Å². The zero-order valence-corrected chi connectivity index (χ0v) is 8.87. The lowest BCUT2D eigenvalue weighted by Crippen LogP contribution is -2.13. The molecule has 0 atom stereocenters. The van der Waals surface area contributed by atoms with Gasteiger partial charge in [0, 0.05) is 0 Å². The molecule has 7 nitrogen and oxygen atoms in total. The molecule has 16 heavy (non-hydrogen) atoms. The van der Waals surface area contributed by atoms with Crippen molar-refractivity contribution in [3.05, 3.63) is 6.20 Å². The molecule has 0 saturated heterocycles. The number of H-pyrrole nitrogens is 1. The largest absolute Gasteiger partial charge is 0.249 e. The van der Waals surface area contributed by atoms with E-state index in [0.717, 1.165) is 0 Å². The molecule has 0 amide bonds. The van der Waals surface area contributed by atoms with Gasteiger partial charge in [-0.2, -0.15) is 5.21 Å². The van der Waals surface area contributed by atoms with E-state index in [-0.39, 0.29) is 0 Å². The average Bonchev–Trinajstić information content (AvgIpc) is 3.01. The highest BCUT2D eigenvalue weighted by atomic mass is 15.5. The van der Waals surface area contributed by atoms with Gasteiger partial charge in [0.25, 0.3) is 0 Å². The van der Waals surface area contributed by atoms with Crippen LogP contribution in [-0.2, 0) is 0 Å². The first-order valence-electron chi connectivity index (χ1n) is 5.59. The maximum absolute atomic E-state index is 4.14. The number of hydrogen-bond acceptors (Lipinski definition) is 5. The third-order valence-corrected chi connectivity index (χ3v) is 3.03. The molecule has 0 spiro atoms. The molecule has 7 heteroatoms. The Labute approximate surface area is 92.2 Å². The van der Waals surface area contributed by atoms with E-state index in [1.165, 1.54) is 32.1 Å². The van der Waals surface area contributed by atoms with E-state index in [9.17, 15) is 0 Å². The van der Waals surface area contributed by atoms with Crippen LogP contribution in [0.2, 0.25) is 0 Å². The fourth-order valence-electron chi connectivity index (χ4n) is 2.17. The van der Waals surface area contributed by atoms with E-state index in [2.05, 4.69) is 30.9 Å². The van der Waals surface area contributed by atoms with E-state index in [4.69, 9.17) is 0 Å². The molecule has 0 aromatic carbocycles. The first-order valence-corrected chi connectivity index (χ1v) is 5.59. The van der Waals surface area contributed by atoms with Crippen molar-refractivity contribution in [1.82, 2.24) is 35.6 Å². The topological polar surface area (TPSA) is 85.2 Å². The lowest BCUT2D eigenvalue weighted by atomic mass is 9.96. The summed E-state index contributed by atoms with van der Waals surface area (Å²) in [6.07, 6.45) is 8.18. The molecule has 0 unspecified atom stereocenters. The van der Waals surface area contributed by atoms with Crippen LogP contribution in [0, 0.1) is 0 Å². The van der Waals surface area contributed by atoms with Gasteiger partial charge < -0.3 is 0 Å². The summed E-state index contributed by atoms with van der Waals surface area (Å²) in [7, 11) is 0. The summed E-state index contributed by atoms with van der Waals surface area (Å²) < 4.78 is 1.94. The van der Waals surface area contributed by atoms with Gasteiger partial charge >= 0.3 is 0 Å². The Kier molecular flexibility index (Phi) is 2.35. The lowest BCUT2D eigenvalue weighted by Gasteiger charge is -2.20. The summed E-state index contributed by atoms with van der Waals surface area (Å²) in [5, 5.41) is 21.9. The van der Waals surface area contributed by atoms with E-state index < -0.39 is 0 Å². The normalized spacial score (nSPS) is 17.8. The highest BCUT2D eigenvalue weighted by Crippen LogP contribution is 2.27. The molecule has 1 aliphatic carbocycles. The fourth-order valence-corrected chi connectivity index (χ4v) is 2.17. The highest BCUT2D eigenvalue weighted by Gasteiger charge is 2.17. The smallest absolute Gasteiger partial charge is 0.226 e. The zero-order chi connectivity index (χ0) is 10.8. The number of rotatable bonds is 2. The third-order valence-electron chi connectivity index (χ3n) is 3.03. The Bertz CT molecular complexity index is 440. The monoisotopic (exact) mass is 219 g/mol. The summed E-state index contributed by atoms with van der Waals surface area (Å²) in [5.41, 5.74) is 0.680. The van der Waals surface area contributed by atoms with Crippen molar-refractivity contribution in [2.24, 2.45) is 0 Å². The van der Waals surface area contributed by atoms with Gasteiger partial charge in [0.2, 0.25) is 5.82 Å².